The molecule has 0 radical (unpaired) electrons. The molecule has 3 nitrogen and oxygen atoms in total. The minimum Gasteiger partial charge on any atom is -0.383 e. The molecule has 0 unspecified atom stereocenters. The topological polar surface area (TPSA) is 43.8 Å². The third-order valence-corrected chi connectivity index (χ3v) is 2.26. The lowest BCUT2D eigenvalue weighted by molar-refractivity contribution is 0.628. The smallest absolute Gasteiger partial charge is 0.132 e. The molecule has 0 saturated heterocycles. The molecule has 4 heteroatoms. The zero-order chi connectivity index (χ0) is 11.5. The van der Waals surface area contributed by atoms with E-state index in [1.54, 1.807) is 23.0 Å². The summed E-state index contributed by atoms with van der Waals surface area (Å²) in [6.07, 6.45) is 6.77. The Morgan fingerprint density at radius 2 is 2.06 bits per heavy atom. The summed E-state index contributed by atoms with van der Waals surface area (Å²) >= 11 is 0. The Bertz CT molecular complexity index is 534. The second-order valence-electron chi connectivity index (χ2n) is 3.32. The first-order valence-corrected chi connectivity index (χ1v) is 4.72. The van der Waals surface area contributed by atoms with E-state index in [4.69, 9.17) is 12.2 Å². The van der Waals surface area contributed by atoms with Crippen LogP contribution in [0.3, 0.4) is 0 Å². The normalized spacial score (nSPS) is 10.0. The number of benzene rings is 1. The van der Waals surface area contributed by atoms with Crippen molar-refractivity contribution in [2.75, 3.05) is 5.73 Å². The average Bonchev–Trinajstić information content (AvgIpc) is 2.63. The predicted molar refractivity (Wildman–Crippen MR) is 60.9 cm³/mol. The molecule has 0 atom stereocenters. The second-order valence-corrected chi connectivity index (χ2v) is 3.32. The van der Waals surface area contributed by atoms with Crippen LogP contribution in [0.4, 0.5) is 10.2 Å². The molecule has 0 fully saturated rings. The Morgan fingerprint density at radius 1 is 1.38 bits per heavy atom. The first-order chi connectivity index (χ1) is 7.72. The molecule has 16 heavy (non-hydrogen) atoms. The largest absolute Gasteiger partial charge is 0.383 e. The number of hydrogen-bond acceptors (Lipinski definition) is 2. The van der Waals surface area contributed by atoms with Crippen molar-refractivity contribution >= 4 is 5.82 Å². The molecule has 80 valence electrons. The third-order valence-electron chi connectivity index (χ3n) is 2.26. The fourth-order valence-corrected chi connectivity index (χ4v) is 1.45. The minimum atomic E-state index is -0.287. The molecule has 1 heterocycles. The summed E-state index contributed by atoms with van der Waals surface area (Å²) in [5.41, 5.74) is 7.26. The highest BCUT2D eigenvalue weighted by molar-refractivity contribution is 5.70. The number of nitrogen functional groups attached to an aromatic ring is 1. The number of nitrogens with two attached hydrogens (primary N) is 1. The van der Waals surface area contributed by atoms with Gasteiger partial charge in [0.1, 0.15) is 17.3 Å². The van der Waals surface area contributed by atoms with E-state index in [1.165, 1.54) is 12.1 Å². The molecule has 2 N–H and O–H groups in total. The van der Waals surface area contributed by atoms with Crippen molar-refractivity contribution in [1.82, 2.24) is 9.55 Å². The lowest BCUT2D eigenvalue weighted by atomic mass is 10.1. The van der Waals surface area contributed by atoms with E-state index in [1.807, 2.05) is 0 Å². The van der Waals surface area contributed by atoms with Gasteiger partial charge in [-0.2, -0.15) is 0 Å². The van der Waals surface area contributed by atoms with Crippen molar-refractivity contribution < 1.29 is 4.39 Å². The Kier molecular flexibility index (Phi) is 2.61. The van der Waals surface area contributed by atoms with Crippen molar-refractivity contribution in [1.29, 1.82) is 0 Å². The SMILES string of the molecule is C#CCn1cnc(-c2ccc(F)cc2)c1N. The minimum absolute atomic E-state index is 0.287. The molecular weight excluding hydrogens is 205 g/mol. The fourth-order valence-electron chi connectivity index (χ4n) is 1.45. The first kappa shape index (κ1) is 10.2. The van der Waals surface area contributed by atoms with Crippen molar-refractivity contribution in [2.45, 2.75) is 6.54 Å². The zero-order valence-corrected chi connectivity index (χ0v) is 8.52. The quantitative estimate of drug-likeness (QED) is 0.777. The summed E-state index contributed by atoms with van der Waals surface area (Å²) in [7, 11) is 0. The van der Waals surface area contributed by atoms with Crippen LogP contribution in [0.1, 0.15) is 0 Å². The summed E-state index contributed by atoms with van der Waals surface area (Å²) in [6.45, 7) is 0.375. The van der Waals surface area contributed by atoms with Gasteiger partial charge in [0.05, 0.1) is 12.9 Å². The van der Waals surface area contributed by atoms with Gasteiger partial charge in [-0.15, -0.1) is 6.42 Å². The Balaban J connectivity index is 2.42. The van der Waals surface area contributed by atoms with Crippen LogP contribution in [-0.4, -0.2) is 9.55 Å². The number of halogens is 1. The summed E-state index contributed by atoms with van der Waals surface area (Å²) in [5, 5.41) is 0. The Labute approximate surface area is 92.7 Å². The third kappa shape index (κ3) is 1.75. The van der Waals surface area contributed by atoms with Crippen molar-refractivity contribution in [3.05, 3.63) is 36.4 Å². The van der Waals surface area contributed by atoms with Gasteiger partial charge in [-0.3, -0.25) is 0 Å². The lowest BCUT2D eigenvalue weighted by Crippen LogP contribution is -2.00. The van der Waals surface area contributed by atoms with Crippen LogP contribution in [0.25, 0.3) is 11.3 Å². The maximum atomic E-state index is 12.7. The standard InChI is InChI=1S/C12H10FN3/c1-2-7-16-8-15-11(12(16)14)9-3-5-10(13)6-4-9/h1,3-6,8H,7,14H2. The molecule has 2 rings (SSSR count). The average molecular weight is 215 g/mol. The zero-order valence-electron chi connectivity index (χ0n) is 8.52. The van der Waals surface area contributed by atoms with Gasteiger partial charge < -0.3 is 10.3 Å². The van der Waals surface area contributed by atoms with Crippen molar-refractivity contribution in [2.24, 2.45) is 0 Å². The Hall–Kier alpha value is -2.28. The van der Waals surface area contributed by atoms with E-state index < -0.39 is 0 Å². The summed E-state index contributed by atoms with van der Waals surface area (Å²) < 4.78 is 14.4. The molecule has 0 spiro atoms. The molecule has 1 aromatic heterocycles. The molecule has 0 bridgehead atoms. The Morgan fingerprint density at radius 3 is 2.69 bits per heavy atom. The summed E-state index contributed by atoms with van der Waals surface area (Å²) in [6, 6.07) is 6.01. The first-order valence-electron chi connectivity index (χ1n) is 4.72. The van der Waals surface area contributed by atoms with Crippen LogP contribution in [0, 0.1) is 18.2 Å². The van der Waals surface area contributed by atoms with Crippen LogP contribution in [0.5, 0.6) is 0 Å². The monoisotopic (exact) mass is 215 g/mol. The number of terminal acetylenes is 1. The number of nitrogens with zero attached hydrogens (tertiary/aromatic N) is 2. The molecule has 0 aliphatic rings. The lowest BCUT2D eigenvalue weighted by Gasteiger charge is -2.01. The maximum Gasteiger partial charge on any atom is 0.132 e. The number of hydrogen-bond donors (Lipinski definition) is 1. The number of aromatic nitrogens is 2. The van der Waals surface area contributed by atoms with Gasteiger partial charge in [0.15, 0.2) is 0 Å². The van der Waals surface area contributed by atoms with Gasteiger partial charge in [0, 0.05) is 5.56 Å². The molecule has 1 aromatic carbocycles. The summed E-state index contributed by atoms with van der Waals surface area (Å²) in [4.78, 5) is 4.15. The van der Waals surface area contributed by atoms with Crippen LogP contribution in [0.2, 0.25) is 0 Å². The van der Waals surface area contributed by atoms with Gasteiger partial charge in [0.25, 0.3) is 0 Å². The second kappa shape index (κ2) is 4.07. The van der Waals surface area contributed by atoms with Gasteiger partial charge >= 0.3 is 0 Å². The molecule has 2 aromatic rings. The number of rotatable bonds is 2. The molecule has 0 amide bonds. The van der Waals surface area contributed by atoms with E-state index in [2.05, 4.69) is 10.9 Å². The molecular formula is C12H10FN3. The highest BCUT2D eigenvalue weighted by atomic mass is 19.1. The van der Waals surface area contributed by atoms with Gasteiger partial charge in [-0.1, -0.05) is 5.92 Å². The van der Waals surface area contributed by atoms with E-state index in [9.17, 15) is 4.39 Å². The van der Waals surface area contributed by atoms with Gasteiger partial charge in [-0.05, 0) is 24.3 Å². The van der Waals surface area contributed by atoms with Crippen LogP contribution >= 0.6 is 0 Å². The van der Waals surface area contributed by atoms with E-state index in [-0.39, 0.29) is 5.82 Å². The maximum absolute atomic E-state index is 12.7. The van der Waals surface area contributed by atoms with E-state index in [0.29, 0.717) is 18.1 Å². The highest BCUT2D eigenvalue weighted by Crippen LogP contribution is 2.23. The van der Waals surface area contributed by atoms with Crippen LogP contribution in [0.15, 0.2) is 30.6 Å². The van der Waals surface area contributed by atoms with E-state index in [0.717, 1.165) is 5.56 Å². The van der Waals surface area contributed by atoms with Crippen molar-refractivity contribution in [3.8, 4) is 23.6 Å². The molecule has 0 aliphatic carbocycles. The number of imidazole rings is 1. The highest BCUT2D eigenvalue weighted by Gasteiger charge is 2.08. The van der Waals surface area contributed by atoms with Gasteiger partial charge in [0.2, 0.25) is 0 Å². The molecule has 0 aliphatic heterocycles. The van der Waals surface area contributed by atoms with Gasteiger partial charge in [-0.25, -0.2) is 9.37 Å². The predicted octanol–water partition coefficient (Wildman–Crippen LogP) is 1.90. The fraction of sp³-hybridized carbons (Fsp3) is 0.0833. The van der Waals surface area contributed by atoms with Crippen molar-refractivity contribution in [3.63, 3.8) is 0 Å². The van der Waals surface area contributed by atoms with E-state index >= 15 is 0 Å². The molecule has 0 saturated carbocycles. The summed E-state index contributed by atoms with van der Waals surface area (Å²) in [5.74, 6) is 2.69. The van der Waals surface area contributed by atoms with Crippen LogP contribution in [-0.2, 0) is 6.54 Å². The number of anilines is 1. The van der Waals surface area contributed by atoms with Crippen LogP contribution < -0.4 is 5.73 Å².